The molecule has 6 nitrogen and oxygen atoms in total. The van der Waals surface area contributed by atoms with E-state index in [4.69, 9.17) is 5.11 Å². The van der Waals surface area contributed by atoms with Crippen molar-refractivity contribution < 1.29 is 18.3 Å². The van der Waals surface area contributed by atoms with Gasteiger partial charge in [0.2, 0.25) is 10.0 Å². The van der Waals surface area contributed by atoms with Gasteiger partial charge in [-0.05, 0) is 6.07 Å². The first-order valence-corrected chi connectivity index (χ1v) is 7.98. The Bertz CT molecular complexity index is 645. The van der Waals surface area contributed by atoms with E-state index in [1.54, 1.807) is 10.9 Å². The summed E-state index contributed by atoms with van der Waals surface area (Å²) in [4.78, 5) is 14.6. The summed E-state index contributed by atoms with van der Waals surface area (Å²) in [6, 6.07) is 1.14. The van der Waals surface area contributed by atoms with Gasteiger partial charge in [-0.15, -0.1) is 22.7 Å². The Balaban J connectivity index is 2.12. The fourth-order valence-electron chi connectivity index (χ4n) is 1.15. The summed E-state index contributed by atoms with van der Waals surface area (Å²) in [7, 11) is -3.69. The fourth-order valence-corrected chi connectivity index (χ4v) is 3.82. The van der Waals surface area contributed by atoms with Crippen LogP contribution >= 0.6 is 22.7 Å². The Kier molecular flexibility index (Phi) is 3.76. The third-order valence-electron chi connectivity index (χ3n) is 2.02. The maximum absolute atomic E-state index is 11.8. The first-order valence-electron chi connectivity index (χ1n) is 4.67. The van der Waals surface area contributed by atoms with Gasteiger partial charge in [-0.2, -0.15) is 0 Å². The molecule has 0 saturated heterocycles. The number of nitrogens with zero attached hydrogens (tertiary/aromatic N) is 1. The van der Waals surface area contributed by atoms with E-state index in [2.05, 4.69) is 9.71 Å². The Labute approximate surface area is 111 Å². The molecule has 0 unspecified atom stereocenters. The molecule has 2 aromatic heterocycles. The highest BCUT2D eigenvalue weighted by Gasteiger charge is 2.18. The van der Waals surface area contributed by atoms with Crippen molar-refractivity contribution in [1.82, 2.24) is 9.71 Å². The molecule has 0 saturated carbocycles. The zero-order valence-corrected chi connectivity index (χ0v) is 11.3. The molecule has 2 aromatic rings. The van der Waals surface area contributed by atoms with Gasteiger partial charge in [0.1, 0.15) is 4.88 Å². The summed E-state index contributed by atoms with van der Waals surface area (Å²) >= 11 is 2.25. The van der Waals surface area contributed by atoms with Crippen LogP contribution in [0.3, 0.4) is 0 Å². The third kappa shape index (κ3) is 2.93. The van der Waals surface area contributed by atoms with Crippen LogP contribution in [0.15, 0.2) is 27.2 Å². The molecule has 2 rings (SSSR count). The first-order chi connectivity index (χ1) is 8.49. The second kappa shape index (κ2) is 5.14. The molecule has 96 valence electrons. The average molecular weight is 304 g/mol. The molecule has 0 radical (unpaired) electrons. The second-order valence-electron chi connectivity index (χ2n) is 3.26. The highest BCUT2D eigenvalue weighted by Crippen LogP contribution is 2.19. The molecule has 9 heteroatoms. The van der Waals surface area contributed by atoms with Crippen LogP contribution in [-0.2, 0) is 16.6 Å². The number of carboxylic acids is 1. The van der Waals surface area contributed by atoms with E-state index in [0.29, 0.717) is 5.69 Å². The molecule has 0 amide bonds. The summed E-state index contributed by atoms with van der Waals surface area (Å²) in [5, 5.41) is 11.8. The molecule has 2 N–H and O–H groups in total. The standard InChI is InChI=1S/C9H8N2O4S3/c12-9(13)8-1-7(4-17-8)18(14,15)11-2-6-3-16-5-10-6/h1,3-5,11H,2H2,(H,12,13). The molecule has 0 aliphatic rings. The van der Waals surface area contributed by atoms with Crippen molar-refractivity contribution in [3.63, 3.8) is 0 Å². The SMILES string of the molecule is O=C(O)c1cc(S(=O)(=O)NCc2cscn2)cs1. The smallest absolute Gasteiger partial charge is 0.345 e. The van der Waals surface area contributed by atoms with Gasteiger partial charge in [0, 0.05) is 10.8 Å². The molecule has 0 bridgehead atoms. The van der Waals surface area contributed by atoms with Gasteiger partial charge in [-0.1, -0.05) is 0 Å². The third-order valence-corrected chi connectivity index (χ3v) is 5.11. The van der Waals surface area contributed by atoms with Crippen molar-refractivity contribution >= 4 is 38.7 Å². The summed E-state index contributed by atoms with van der Waals surface area (Å²) in [6.07, 6.45) is 0. The summed E-state index contributed by atoms with van der Waals surface area (Å²) in [5.74, 6) is -1.14. The Morgan fingerprint density at radius 3 is 2.78 bits per heavy atom. The maximum atomic E-state index is 11.8. The molecule has 0 fully saturated rings. The van der Waals surface area contributed by atoms with Gasteiger partial charge >= 0.3 is 5.97 Å². The van der Waals surface area contributed by atoms with Crippen molar-refractivity contribution in [2.45, 2.75) is 11.4 Å². The van der Waals surface area contributed by atoms with Crippen LogP contribution < -0.4 is 4.72 Å². The maximum Gasteiger partial charge on any atom is 0.345 e. The zero-order valence-electron chi connectivity index (χ0n) is 8.86. The largest absolute Gasteiger partial charge is 0.477 e. The van der Waals surface area contributed by atoms with Gasteiger partial charge in [-0.25, -0.2) is 22.9 Å². The van der Waals surface area contributed by atoms with Crippen LogP contribution in [0.5, 0.6) is 0 Å². The average Bonchev–Trinajstić information content (AvgIpc) is 2.98. The molecule has 18 heavy (non-hydrogen) atoms. The van der Waals surface area contributed by atoms with Gasteiger partial charge in [0.15, 0.2) is 0 Å². The summed E-state index contributed by atoms with van der Waals surface area (Å²) in [5.41, 5.74) is 2.23. The molecule has 0 aromatic carbocycles. The molecule has 0 aliphatic carbocycles. The number of thiazole rings is 1. The fraction of sp³-hybridized carbons (Fsp3) is 0.111. The number of hydrogen-bond acceptors (Lipinski definition) is 6. The van der Waals surface area contributed by atoms with Crippen LogP contribution in [0, 0.1) is 0 Å². The number of sulfonamides is 1. The van der Waals surface area contributed by atoms with Gasteiger partial charge < -0.3 is 5.11 Å². The normalized spacial score (nSPS) is 11.6. The van der Waals surface area contributed by atoms with Crippen LogP contribution in [0.2, 0.25) is 0 Å². The van der Waals surface area contributed by atoms with Crippen molar-refractivity contribution in [3.05, 3.63) is 32.9 Å². The van der Waals surface area contributed by atoms with Crippen LogP contribution in [0.4, 0.5) is 0 Å². The zero-order chi connectivity index (χ0) is 13.2. The van der Waals surface area contributed by atoms with Crippen molar-refractivity contribution in [2.24, 2.45) is 0 Å². The van der Waals surface area contributed by atoms with E-state index in [1.807, 2.05) is 0 Å². The number of aromatic carboxylic acids is 1. The van der Waals surface area contributed by atoms with E-state index < -0.39 is 16.0 Å². The first kappa shape index (κ1) is 13.1. The highest BCUT2D eigenvalue weighted by atomic mass is 32.2. The van der Waals surface area contributed by atoms with Crippen molar-refractivity contribution in [2.75, 3.05) is 0 Å². The monoisotopic (exact) mass is 304 g/mol. The number of hydrogen-bond donors (Lipinski definition) is 2. The topological polar surface area (TPSA) is 96.4 Å². The number of thiophene rings is 1. The van der Waals surface area contributed by atoms with Gasteiger partial charge in [0.05, 0.1) is 22.6 Å². The highest BCUT2D eigenvalue weighted by molar-refractivity contribution is 7.89. The lowest BCUT2D eigenvalue weighted by atomic mass is 10.5. The lowest BCUT2D eigenvalue weighted by Crippen LogP contribution is -2.22. The minimum Gasteiger partial charge on any atom is -0.477 e. The number of nitrogens with one attached hydrogen (secondary N) is 1. The molecule has 0 spiro atoms. The number of aromatic nitrogens is 1. The summed E-state index contributed by atoms with van der Waals surface area (Å²) in [6.45, 7) is 0.0874. The van der Waals surface area contributed by atoms with E-state index in [-0.39, 0.29) is 16.3 Å². The molecule has 0 aliphatic heterocycles. The van der Waals surface area contributed by atoms with Crippen LogP contribution in [0.1, 0.15) is 15.4 Å². The molecule has 0 atom stereocenters. The van der Waals surface area contributed by atoms with Crippen LogP contribution in [-0.4, -0.2) is 24.5 Å². The Hall–Kier alpha value is -1.29. The van der Waals surface area contributed by atoms with E-state index in [0.717, 1.165) is 17.4 Å². The minimum atomic E-state index is -3.69. The van der Waals surface area contributed by atoms with E-state index in [1.165, 1.54) is 16.7 Å². The van der Waals surface area contributed by atoms with Crippen molar-refractivity contribution in [3.8, 4) is 0 Å². The van der Waals surface area contributed by atoms with Gasteiger partial charge in [-0.3, -0.25) is 0 Å². The number of carbonyl (C=O) groups is 1. The predicted octanol–water partition coefficient (Wildman–Crippen LogP) is 1.38. The lowest BCUT2D eigenvalue weighted by Gasteiger charge is -2.02. The predicted molar refractivity (Wildman–Crippen MR) is 67.4 cm³/mol. The minimum absolute atomic E-state index is 0.0102. The molecule has 2 heterocycles. The number of rotatable bonds is 5. The Morgan fingerprint density at radius 1 is 1.44 bits per heavy atom. The molecular formula is C9H8N2O4S3. The lowest BCUT2D eigenvalue weighted by molar-refractivity contribution is 0.0702. The molecular weight excluding hydrogens is 296 g/mol. The quantitative estimate of drug-likeness (QED) is 0.870. The van der Waals surface area contributed by atoms with E-state index in [9.17, 15) is 13.2 Å². The Morgan fingerprint density at radius 2 is 2.22 bits per heavy atom. The number of carboxylic acid groups (broad SMARTS) is 1. The van der Waals surface area contributed by atoms with E-state index >= 15 is 0 Å². The van der Waals surface area contributed by atoms with Crippen LogP contribution in [0.25, 0.3) is 0 Å². The van der Waals surface area contributed by atoms with Crippen molar-refractivity contribution in [1.29, 1.82) is 0 Å². The summed E-state index contributed by atoms with van der Waals surface area (Å²) < 4.78 is 26.0. The second-order valence-corrected chi connectivity index (χ2v) is 6.65. The van der Waals surface area contributed by atoms with Gasteiger partial charge in [0.25, 0.3) is 0 Å².